The van der Waals surface area contributed by atoms with Gasteiger partial charge in [0.05, 0.1) is 37.1 Å². The maximum absolute atomic E-state index is 14.4. The quantitative estimate of drug-likeness (QED) is 0.132. The van der Waals surface area contributed by atoms with Crippen molar-refractivity contribution in [1.82, 2.24) is 0 Å². The van der Waals surface area contributed by atoms with Crippen LogP contribution >= 0.6 is 0 Å². The van der Waals surface area contributed by atoms with Crippen molar-refractivity contribution in [3.63, 3.8) is 0 Å². The molecule has 5 fully saturated rings. The number of ether oxygens (including phenoxy) is 7. The Hall–Kier alpha value is -2.42. The molecule has 2 aliphatic carbocycles. The normalized spacial score (nSPS) is 45.4. The van der Waals surface area contributed by atoms with Crippen molar-refractivity contribution in [2.45, 2.75) is 172 Å². The van der Waals surface area contributed by atoms with Gasteiger partial charge in [-0.25, -0.2) is 0 Å². The number of hydrogen-bond donors (Lipinski definition) is 3. The summed E-state index contributed by atoms with van der Waals surface area (Å²) in [6, 6.07) is 0. The van der Waals surface area contributed by atoms with Gasteiger partial charge in [0.15, 0.2) is 12.1 Å². The Kier molecular flexibility index (Phi) is 12.5. The summed E-state index contributed by atoms with van der Waals surface area (Å²) in [4.78, 5) is 14.4. The number of aliphatic hydroxyl groups excluding tert-OH is 1. The lowest BCUT2D eigenvalue weighted by molar-refractivity contribution is -0.342. The van der Waals surface area contributed by atoms with E-state index in [9.17, 15) is 20.2 Å². The highest BCUT2D eigenvalue weighted by Crippen LogP contribution is 2.48. The minimum atomic E-state index is -1.83. The van der Waals surface area contributed by atoms with Crippen LogP contribution < -0.4 is 0 Å². The van der Waals surface area contributed by atoms with Gasteiger partial charge >= 0.3 is 5.97 Å². The van der Waals surface area contributed by atoms with Crippen molar-refractivity contribution in [3.05, 3.63) is 47.1 Å². The number of hydrogen-bond acceptors (Lipinski definition) is 12. The number of oxime groups is 1. The van der Waals surface area contributed by atoms with Crippen molar-refractivity contribution in [2.75, 3.05) is 13.7 Å². The predicted molar refractivity (Wildman–Crippen MR) is 203 cm³/mol. The molecule has 12 heteroatoms. The first-order valence-electron chi connectivity index (χ1n) is 20.7. The maximum Gasteiger partial charge on any atom is 0.316 e. The van der Waals surface area contributed by atoms with Crippen LogP contribution in [0.3, 0.4) is 0 Å². The second-order valence-corrected chi connectivity index (χ2v) is 17.4. The number of nitrogens with zero attached hydrogens (tertiary/aromatic N) is 1. The molecule has 0 amide bonds. The molecule has 306 valence electrons. The van der Waals surface area contributed by atoms with Crippen LogP contribution in [0, 0.1) is 23.7 Å². The number of aliphatic hydroxyl groups is 2. The number of fused-ring (bicyclic) bond motifs is 2. The molecule has 0 aromatic heterocycles. The Labute approximate surface area is 325 Å². The van der Waals surface area contributed by atoms with Crippen molar-refractivity contribution in [3.8, 4) is 0 Å². The smallest absolute Gasteiger partial charge is 0.316 e. The van der Waals surface area contributed by atoms with Gasteiger partial charge in [-0.05, 0) is 75.0 Å². The van der Waals surface area contributed by atoms with Crippen molar-refractivity contribution >= 4 is 11.7 Å². The first-order chi connectivity index (χ1) is 26.4. The van der Waals surface area contributed by atoms with Gasteiger partial charge in [0.1, 0.15) is 35.5 Å². The van der Waals surface area contributed by atoms with Crippen LogP contribution in [0.5, 0.6) is 0 Å². The summed E-state index contributed by atoms with van der Waals surface area (Å²) in [5.41, 5.74) is 0.362. The molecule has 14 atom stereocenters. The van der Waals surface area contributed by atoms with Gasteiger partial charge in [0, 0.05) is 38.7 Å². The average Bonchev–Trinajstić information content (AvgIpc) is 3.50. The molecule has 3 N–H and O–H groups in total. The summed E-state index contributed by atoms with van der Waals surface area (Å²) in [6.45, 7) is 10.0. The highest BCUT2D eigenvalue weighted by atomic mass is 16.7. The van der Waals surface area contributed by atoms with Crippen LogP contribution in [0.4, 0.5) is 0 Å². The zero-order chi connectivity index (χ0) is 39.1. The zero-order valence-corrected chi connectivity index (χ0v) is 33.4. The van der Waals surface area contributed by atoms with Gasteiger partial charge in [-0.1, -0.05) is 68.6 Å². The van der Waals surface area contributed by atoms with E-state index in [1.165, 1.54) is 19.3 Å². The highest BCUT2D eigenvalue weighted by Gasteiger charge is 2.60. The molecule has 2 bridgehead atoms. The Bertz CT molecular complexity index is 1550. The molecule has 12 nitrogen and oxygen atoms in total. The SMILES string of the molecule is CO[C@@H]1C[C@@H](O[C@H]2C(C)=CC[C@H]3C[C@@H](C[C@@]4(CC[C@H](C)[C@@H](C5CCCCC5)O4)O3)OC(=O)[C@H]3C=C(C)C(=NO)[C@H]4OCC(=CC=C[C@H]2C)[C@]34O)O[C@H](C)[C@H]1O. The third-order valence-corrected chi connectivity index (χ3v) is 13.6. The van der Waals surface area contributed by atoms with E-state index in [1.807, 2.05) is 19.1 Å². The second kappa shape index (κ2) is 16.8. The molecule has 1 saturated carbocycles. The standard InChI is InChI=1S/C43H63NO11/c1-24-11-10-14-30-23-50-40-36(44-48)27(4)19-33(43(30,40)47)41(46)52-32-20-31(16-15-25(2)38(24)53-35-21-34(49-6)37(45)28(5)51-35)54-42(22-32)18-17-26(3)39(55-42)29-12-8-7-9-13-29/h10-11,14-15,19,24,26,28-29,31-35,37-40,45,47-48H,7-9,12-13,16-18,20-23H2,1-6H3/t24-,26+,28-,31+,32+,33-,34-,35-,37-,38-,39+,40-,42+,43+/m1/s1. The number of esters is 1. The van der Waals surface area contributed by atoms with Gasteiger partial charge < -0.3 is 48.6 Å². The van der Waals surface area contributed by atoms with Gasteiger partial charge in [-0.2, -0.15) is 0 Å². The molecule has 0 aromatic carbocycles. The number of carbonyl (C=O) groups excluding carboxylic acids is 1. The Morgan fingerprint density at radius 3 is 2.55 bits per heavy atom. The monoisotopic (exact) mass is 769 g/mol. The molecular weight excluding hydrogens is 706 g/mol. The van der Waals surface area contributed by atoms with E-state index >= 15 is 0 Å². The second-order valence-electron chi connectivity index (χ2n) is 17.4. The average molecular weight is 770 g/mol. The zero-order valence-electron chi connectivity index (χ0n) is 33.4. The lowest BCUT2D eigenvalue weighted by Crippen LogP contribution is -2.57. The summed E-state index contributed by atoms with van der Waals surface area (Å²) in [7, 11) is 1.59. The first kappa shape index (κ1) is 40.8. The number of rotatable bonds is 4. The fourth-order valence-electron chi connectivity index (χ4n) is 10.4. The molecule has 1 spiro atoms. The van der Waals surface area contributed by atoms with Gasteiger partial charge in [-0.15, -0.1) is 0 Å². The van der Waals surface area contributed by atoms with Gasteiger partial charge in [0.2, 0.25) is 0 Å². The van der Waals surface area contributed by atoms with E-state index in [4.69, 9.17) is 33.2 Å². The molecule has 0 aromatic rings. The number of methoxy groups -OCH3 is 1. The molecule has 7 rings (SSSR count). The van der Waals surface area contributed by atoms with E-state index in [-0.39, 0.29) is 30.4 Å². The van der Waals surface area contributed by atoms with Gasteiger partial charge in [-0.3, -0.25) is 4.79 Å². The summed E-state index contributed by atoms with van der Waals surface area (Å²) in [5, 5.41) is 36.7. The molecule has 0 unspecified atom stereocenters. The third-order valence-electron chi connectivity index (χ3n) is 13.6. The summed E-state index contributed by atoms with van der Waals surface area (Å²) >= 11 is 0. The number of allylic oxidation sites excluding steroid dienone is 2. The van der Waals surface area contributed by atoms with E-state index < -0.39 is 66.2 Å². The number of carbonyl (C=O) groups is 1. The Morgan fingerprint density at radius 2 is 1.80 bits per heavy atom. The van der Waals surface area contributed by atoms with E-state index in [0.29, 0.717) is 55.1 Å². The molecule has 7 aliphatic rings. The molecule has 55 heavy (non-hydrogen) atoms. The lowest BCUT2D eigenvalue weighted by atomic mass is 9.71. The highest BCUT2D eigenvalue weighted by molar-refractivity contribution is 6.06. The summed E-state index contributed by atoms with van der Waals surface area (Å²) < 4.78 is 45.1. The minimum absolute atomic E-state index is 0.0359. The summed E-state index contributed by atoms with van der Waals surface area (Å²) in [5.74, 6) is -1.83. The third kappa shape index (κ3) is 8.17. The van der Waals surface area contributed by atoms with E-state index in [0.717, 1.165) is 24.8 Å². The van der Waals surface area contributed by atoms with E-state index in [1.54, 1.807) is 26.2 Å². The first-order valence-corrected chi connectivity index (χ1v) is 20.7. The van der Waals surface area contributed by atoms with Crippen molar-refractivity contribution in [2.24, 2.45) is 28.8 Å². The van der Waals surface area contributed by atoms with Crippen molar-refractivity contribution < 1.29 is 53.4 Å². The van der Waals surface area contributed by atoms with Crippen LogP contribution in [0.15, 0.2) is 52.3 Å². The molecule has 4 saturated heterocycles. The molecule has 5 heterocycles. The van der Waals surface area contributed by atoms with Crippen LogP contribution in [0.25, 0.3) is 0 Å². The Morgan fingerprint density at radius 1 is 1.02 bits per heavy atom. The van der Waals surface area contributed by atoms with Crippen LogP contribution in [-0.4, -0.2) is 107 Å². The summed E-state index contributed by atoms with van der Waals surface area (Å²) in [6.07, 6.45) is 14.4. The molecule has 5 aliphatic heterocycles. The fourth-order valence-corrected chi connectivity index (χ4v) is 10.4. The van der Waals surface area contributed by atoms with Crippen molar-refractivity contribution in [1.29, 1.82) is 0 Å². The lowest BCUT2D eigenvalue weighted by Gasteiger charge is -2.51. The fraction of sp³-hybridized carbons (Fsp3) is 0.767. The Balaban J connectivity index is 1.25. The van der Waals surface area contributed by atoms with Gasteiger partial charge in [0.25, 0.3) is 0 Å². The molecule has 0 radical (unpaired) electrons. The predicted octanol–water partition coefficient (Wildman–Crippen LogP) is 6.07. The minimum Gasteiger partial charge on any atom is -0.462 e. The topological polar surface area (TPSA) is 155 Å². The van der Waals surface area contributed by atoms with Crippen LogP contribution in [0.2, 0.25) is 0 Å². The molecular formula is C43H63NO11. The van der Waals surface area contributed by atoms with Crippen LogP contribution in [0.1, 0.15) is 105 Å². The van der Waals surface area contributed by atoms with Crippen LogP contribution in [-0.2, 0) is 38.0 Å². The maximum atomic E-state index is 14.4. The van der Waals surface area contributed by atoms with E-state index in [2.05, 4.69) is 32.0 Å². The largest absolute Gasteiger partial charge is 0.462 e.